The second kappa shape index (κ2) is 7.13. The standard InChI is InChI=1S/C7H6N4OS.C6H6O3S/c8-6(12)5-3-13-7(11-5)4-1-9-10-2-4;7-10(8,9)6-4-2-1-3-5-6/h1-3H,(H2,8,12)(H,9,10);1-5H,(H,7,8,9). The number of benzene rings is 1. The zero-order valence-corrected chi connectivity index (χ0v) is 13.2. The summed E-state index contributed by atoms with van der Waals surface area (Å²) in [5, 5.41) is 8.81. The Bertz CT molecular complexity index is 874. The van der Waals surface area contributed by atoms with E-state index in [9.17, 15) is 13.2 Å². The molecule has 3 rings (SSSR count). The lowest BCUT2D eigenvalue weighted by Gasteiger charge is -1.92. The summed E-state index contributed by atoms with van der Waals surface area (Å²) in [5.74, 6) is -0.508. The molecule has 2 aromatic heterocycles. The van der Waals surface area contributed by atoms with E-state index in [1.54, 1.807) is 36.0 Å². The number of nitrogens with two attached hydrogens (primary N) is 1. The first-order chi connectivity index (χ1) is 10.9. The van der Waals surface area contributed by atoms with Gasteiger partial charge in [0, 0.05) is 17.1 Å². The fourth-order valence-electron chi connectivity index (χ4n) is 1.48. The summed E-state index contributed by atoms with van der Waals surface area (Å²) < 4.78 is 29.2. The zero-order chi connectivity index (χ0) is 16.9. The van der Waals surface area contributed by atoms with Gasteiger partial charge in [-0.3, -0.25) is 14.4 Å². The quantitative estimate of drug-likeness (QED) is 0.611. The monoisotopic (exact) mass is 352 g/mol. The number of thiazole rings is 1. The third kappa shape index (κ3) is 4.71. The number of rotatable bonds is 3. The van der Waals surface area contributed by atoms with Crippen molar-refractivity contribution in [3.05, 3.63) is 53.8 Å². The van der Waals surface area contributed by atoms with Crippen LogP contribution in [-0.4, -0.2) is 34.1 Å². The van der Waals surface area contributed by atoms with Gasteiger partial charge < -0.3 is 5.73 Å². The van der Waals surface area contributed by atoms with Gasteiger partial charge in [-0.1, -0.05) is 18.2 Å². The van der Waals surface area contributed by atoms with Crippen LogP contribution in [0.25, 0.3) is 10.6 Å². The molecule has 120 valence electrons. The fraction of sp³-hybridized carbons (Fsp3) is 0. The van der Waals surface area contributed by atoms with Gasteiger partial charge in [0.2, 0.25) is 0 Å². The van der Waals surface area contributed by atoms with Crippen LogP contribution in [0, 0.1) is 0 Å². The lowest BCUT2D eigenvalue weighted by atomic mass is 10.4. The van der Waals surface area contributed by atoms with E-state index in [0.29, 0.717) is 5.69 Å². The lowest BCUT2D eigenvalue weighted by Crippen LogP contribution is -2.10. The minimum Gasteiger partial charge on any atom is -0.364 e. The smallest absolute Gasteiger partial charge is 0.294 e. The highest BCUT2D eigenvalue weighted by molar-refractivity contribution is 7.85. The summed E-state index contributed by atoms with van der Waals surface area (Å²) in [6.45, 7) is 0. The van der Waals surface area contributed by atoms with E-state index < -0.39 is 16.0 Å². The molecule has 0 saturated heterocycles. The fourth-order valence-corrected chi connectivity index (χ4v) is 2.77. The number of nitrogens with zero attached hydrogens (tertiary/aromatic N) is 2. The number of carbonyl (C=O) groups excluding carboxylic acids is 1. The number of aromatic nitrogens is 3. The molecule has 0 fully saturated rings. The number of carbonyl (C=O) groups is 1. The first kappa shape index (κ1) is 16.8. The van der Waals surface area contributed by atoms with E-state index in [-0.39, 0.29) is 4.90 Å². The van der Waals surface area contributed by atoms with Gasteiger partial charge in [-0.05, 0) is 12.1 Å². The molecule has 0 radical (unpaired) electrons. The first-order valence-corrected chi connectivity index (χ1v) is 8.47. The minimum atomic E-state index is -4.00. The highest BCUT2D eigenvalue weighted by atomic mass is 32.2. The van der Waals surface area contributed by atoms with Crippen LogP contribution >= 0.6 is 11.3 Å². The molecule has 0 saturated carbocycles. The zero-order valence-electron chi connectivity index (χ0n) is 11.6. The van der Waals surface area contributed by atoms with Gasteiger partial charge in [0.15, 0.2) is 0 Å². The first-order valence-electron chi connectivity index (χ1n) is 6.15. The number of hydrogen-bond acceptors (Lipinski definition) is 6. The van der Waals surface area contributed by atoms with E-state index in [1.807, 2.05) is 0 Å². The van der Waals surface area contributed by atoms with Crippen molar-refractivity contribution in [1.82, 2.24) is 15.2 Å². The second-order valence-corrected chi connectivity index (χ2v) is 6.46. The second-order valence-electron chi connectivity index (χ2n) is 4.18. The molecule has 3 aromatic rings. The number of primary amides is 1. The molecule has 0 bridgehead atoms. The lowest BCUT2D eigenvalue weighted by molar-refractivity contribution is 0.0996. The van der Waals surface area contributed by atoms with Crippen LogP contribution in [0.1, 0.15) is 10.5 Å². The molecule has 0 unspecified atom stereocenters. The Morgan fingerprint density at radius 3 is 2.39 bits per heavy atom. The van der Waals surface area contributed by atoms with Crippen LogP contribution in [-0.2, 0) is 10.1 Å². The molecule has 4 N–H and O–H groups in total. The van der Waals surface area contributed by atoms with Crippen molar-refractivity contribution in [2.24, 2.45) is 5.73 Å². The molecule has 1 aromatic carbocycles. The summed E-state index contributed by atoms with van der Waals surface area (Å²) in [6, 6.07) is 7.42. The number of amides is 1. The topological polar surface area (TPSA) is 139 Å². The minimum absolute atomic E-state index is 0.0741. The molecule has 0 aliphatic heterocycles. The van der Waals surface area contributed by atoms with Crippen molar-refractivity contribution in [3.63, 3.8) is 0 Å². The van der Waals surface area contributed by atoms with Crippen molar-refractivity contribution in [1.29, 1.82) is 0 Å². The van der Waals surface area contributed by atoms with Crippen LogP contribution in [0.2, 0.25) is 0 Å². The van der Waals surface area contributed by atoms with Crippen molar-refractivity contribution in [2.45, 2.75) is 4.90 Å². The van der Waals surface area contributed by atoms with Gasteiger partial charge in [0.1, 0.15) is 10.7 Å². The Balaban J connectivity index is 0.000000174. The largest absolute Gasteiger partial charge is 0.364 e. The maximum absolute atomic E-state index is 10.7. The summed E-state index contributed by atoms with van der Waals surface area (Å²) in [4.78, 5) is 14.7. The Morgan fingerprint density at radius 1 is 1.26 bits per heavy atom. The van der Waals surface area contributed by atoms with Crippen LogP contribution in [0.5, 0.6) is 0 Å². The SMILES string of the molecule is NC(=O)c1csc(-c2cn[nH]c2)n1.O=S(=O)(O)c1ccccc1. The van der Waals surface area contributed by atoms with Gasteiger partial charge in [0.05, 0.1) is 11.1 Å². The molecule has 10 heteroatoms. The predicted octanol–water partition coefficient (Wildman–Crippen LogP) is 1.57. The van der Waals surface area contributed by atoms with E-state index in [2.05, 4.69) is 15.2 Å². The van der Waals surface area contributed by atoms with Crippen LogP contribution in [0.15, 0.2) is 53.0 Å². The maximum Gasteiger partial charge on any atom is 0.294 e. The Kier molecular flexibility index (Phi) is 5.21. The van der Waals surface area contributed by atoms with Crippen LogP contribution in [0.3, 0.4) is 0 Å². The number of aromatic amines is 1. The van der Waals surface area contributed by atoms with Crippen LogP contribution in [0.4, 0.5) is 0 Å². The van der Waals surface area contributed by atoms with Gasteiger partial charge >= 0.3 is 0 Å². The van der Waals surface area contributed by atoms with E-state index in [1.165, 1.54) is 23.5 Å². The average Bonchev–Trinajstić information content (AvgIpc) is 3.19. The number of H-pyrrole nitrogens is 1. The summed E-state index contributed by atoms with van der Waals surface area (Å²) in [5.41, 5.74) is 6.21. The van der Waals surface area contributed by atoms with Gasteiger partial charge in [-0.2, -0.15) is 13.5 Å². The van der Waals surface area contributed by atoms with E-state index in [0.717, 1.165) is 10.6 Å². The Labute approximate surface area is 135 Å². The molecule has 0 atom stereocenters. The Morgan fingerprint density at radius 2 is 1.96 bits per heavy atom. The van der Waals surface area contributed by atoms with Crippen molar-refractivity contribution < 1.29 is 17.8 Å². The van der Waals surface area contributed by atoms with Gasteiger partial charge in [-0.25, -0.2) is 4.98 Å². The number of nitrogens with one attached hydrogen (secondary N) is 1. The molecule has 23 heavy (non-hydrogen) atoms. The number of hydrogen-bond donors (Lipinski definition) is 3. The molecule has 0 aliphatic carbocycles. The Hall–Kier alpha value is -2.56. The molecule has 2 heterocycles. The van der Waals surface area contributed by atoms with E-state index >= 15 is 0 Å². The van der Waals surface area contributed by atoms with Crippen molar-refractivity contribution in [2.75, 3.05) is 0 Å². The molecule has 0 aliphatic rings. The maximum atomic E-state index is 10.7. The van der Waals surface area contributed by atoms with E-state index in [4.69, 9.17) is 10.3 Å². The molecule has 8 nitrogen and oxygen atoms in total. The highest BCUT2D eigenvalue weighted by Crippen LogP contribution is 2.21. The van der Waals surface area contributed by atoms with Gasteiger partial charge in [0.25, 0.3) is 16.0 Å². The molecule has 0 spiro atoms. The third-order valence-corrected chi connectivity index (χ3v) is 4.30. The highest BCUT2D eigenvalue weighted by Gasteiger charge is 2.08. The molecule has 1 amide bonds. The van der Waals surface area contributed by atoms with Gasteiger partial charge in [-0.15, -0.1) is 11.3 Å². The van der Waals surface area contributed by atoms with Crippen LogP contribution < -0.4 is 5.73 Å². The summed E-state index contributed by atoms with van der Waals surface area (Å²) in [7, 11) is -4.00. The summed E-state index contributed by atoms with van der Waals surface area (Å²) in [6.07, 6.45) is 3.35. The van der Waals surface area contributed by atoms with Crippen molar-refractivity contribution >= 4 is 27.4 Å². The average molecular weight is 352 g/mol. The van der Waals surface area contributed by atoms with Crippen molar-refractivity contribution in [3.8, 4) is 10.6 Å². The summed E-state index contributed by atoms with van der Waals surface area (Å²) >= 11 is 1.36. The predicted molar refractivity (Wildman–Crippen MR) is 84.5 cm³/mol. The normalized spacial score (nSPS) is 10.7. The molecular formula is C13H12N4O4S2. The third-order valence-electron chi connectivity index (χ3n) is 2.54. The molecular weight excluding hydrogens is 340 g/mol.